The molecular weight excluding hydrogens is 1420 g/mol. The molecular formula is C68H84N4O30S2. The molecule has 0 bridgehead atoms. The van der Waals surface area contributed by atoms with Crippen molar-refractivity contribution in [2.24, 2.45) is 10.3 Å². The van der Waals surface area contributed by atoms with Crippen LogP contribution in [0.2, 0.25) is 0 Å². The van der Waals surface area contributed by atoms with Gasteiger partial charge in [-0.1, -0.05) is 36.4 Å². The summed E-state index contributed by atoms with van der Waals surface area (Å²) in [6, 6.07) is 21.5. The van der Waals surface area contributed by atoms with Gasteiger partial charge in [0.2, 0.25) is 20.0 Å². The van der Waals surface area contributed by atoms with Gasteiger partial charge in [0.05, 0.1) is 35.7 Å². The number of carbonyl (C=O) groups is 12. The Morgan fingerprint density at radius 1 is 0.346 bits per heavy atom. The summed E-state index contributed by atoms with van der Waals surface area (Å²) < 4.78 is 123. The van der Waals surface area contributed by atoms with Gasteiger partial charge < -0.3 is 76.1 Å². The minimum absolute atomic E-state index is 0.0565. The standard InChI is InChI=1S/C37H46N2O17S.C31H38N2O13S/c1-8-49-31(40)20(2)50-32(41)21(3)51-33(42)22(4)52-34(43)23(5)53-35(44)24(6)54-36(45)25(7)55-37(46)26-18-28(39-16-12-13-17-39)30(29(19-26)57(38,47)48)56-27-14-10-9-11-15-27;1-6-41-27(34)18(2)42-28(35)19(3)43-29(36)20(4)44-30(37)21(5)45-31(38)22-16-24(33-14-10-11-15-33)26(25(17-22)47(32,39)40)46-23-12-8-7-9-13-23/h9-11,14-15,18-25H,8,12-13,16-17H2,1-7H3,(H2,38,47,48);7-9,12-13,16-21H,6,10-11,14-15H2,1-5H3,(H2,32,39,40)/t20-,21-,22-,23-,24-,25-;18-,19-,20-,21-/m00/s1. The largest absolute Gasteiger partial charge is 0.463 e. The smallest absolute Gasteiger partial charge is 0.348 e. The van der Waals surface area contributed by atoms with E-state index >= 15 is 0 Å². The van der Waals surface area contributed by atoms with Gasteiger partial charge in [0.1, 0.15) is 21.3 Å². The van der Waals surface area contributed by atoms with E-state index in [9.17, 15) is 74.4 Å². The van der Waals surface area contributed by atoms with Crippen LogP contribution in [0, 0.1) is 0 Å². The van der Waals surface area contributed by atoms with Gasteiger partial charge in [0, 0.05) is 26.2 Å². The van der Waals surface area contributed by atoms with Crippen molar-refractivity contribution in [1.29, 1.82) is 0 Å². The molecule has 0 aliphatic carbocycles. The lowest BCUT2D eigenvalue weighted by molar-refractivity contribution is -0.187. The normalized spacial score (nSPS) is 15.6. The lowest BCUT2D eigenvalue weighted by Crippen LogP contribution is -2.39. The van der Waals surface area contributed by atoms with Gasteiger partial charge in [-0.3, -0.25) is 0 Å². The van der Waals surface area contributed by atoms with E-state index in [1.807, 2.05) is 9.80 Å². The van der Waals surface area contributed by atoms with E-state index in [1.165, 1.54) is 46.8 Å². The van der Waals surface area contributed by atoms with E-state index in [-0.39, 0.29) is 41.5 Å². The van der Waals surface area contributed by atoms with Crippen LogP contribution in [0.5, 0.6) is 23.0 Å². The zero-order valence-corrected chi connectivity index (χ0v) is 60.7. The number of nitrogens with two attached hydrogens (primary N) is 2. The molecule has 0 amide bonds. The number of hydrogen-bond donors (Lipinski definition) is 2. The predicted octanol–water partition coefficient (Wildman–Crippen LogP) is 5.12. The summed E-state index contributed by atoms with van der Waals surface area (Å²) in [6.07, 6.45) is -11.8. The minimum atomic E-state index is -4.46. The zero-order valence-electron chi connectivity index (χ0n) is 59.0. The van der Waals surface area contributed by atoms with Crippen LogP contribution >= 0.6 is 0 Å². The summed E-state index contributed by atoms with van der Waals surface area (Å²) in [7, 11) is -8.88. The highest BCUT2D eigenvalue weighted by Gasteiger charge is 2.37. The third-order valence-corrected chi connectivity index (χ3v) is 16.6. The van der Waals surface area contributed by atoms with Crippen molar-refractivity contribution >= 4 is 103 Å². The van der Waals surface area contributed by atoms with Crippen molar-refractivity contribution in [3.8, 4) is 23.0 Å². The van der Waals surface area contributed by atoms with Gasteiger partial charge in [0.15, 0.2) is 72.5 Å². The fraction of sp³-hybridized carbons (Fsp3) is 0.471. The van der Waals surface area contributed by atoms with Crippen molar-refractivity contribution in [3.05, 3.63) is 96.1 Å². The summed E-state index contributed by atoms with van der Waals surface area (Å²) in [4.78, 5) is 152. The molecule has 0 unspecified atom stereocenters. The Morgan fingerprint density at radius 2 is 0.567 bits per heavy atom. The van der Waals surface area contributed by atoms with Gasteiger partial charge in [-0.05, 0) is 157 Å². The monoisotopic (exact) mass is 1500 g/mol. The maximum absolute atomic E-state index is 13.3. The van der Waals surface area contributed by atoms with Crippen molar-refractivity contribution in [2.45, 2.75) is 180 Å². The molecule has 34 nitrogen and oxygen atoms in total. The Labute approximate surface area is 599 Å². The number of para-hydroxylation sites is 2. The maximum Gasteiger partial charge on any atom is 0.348 e. The fourth-order valence-corrected chi connectivity index (χ4v) is 10.6. The third-order valence-electron chi connectivity index (χ3n) is 14.8. The number of anilines is 2. The zero-order chi connectivity index (χ0) is 77.5. The molecule has 0 spiro atoms. The van der Waals surface area contributed by atoms with Crippen LogP contribution in [-0.2, 0) is 125 Å². The highest BCUT2D eigenvalue weighted by atomic mass is 32.2. The molecule has 0 aromatic heterocycles. The predicted molar refractivity (Wildman–Crippen MR) is 359 cm³/mol. The van der Waals surface area contributed by atoms with E-state index in [2.05, 4.69) is 0 Å². The maximum atomic E-state index is 13.3. The van der Waals surface area contributed by atoms with Crippen molar-refractivity contribution in [1.82, 2.24) is 0 Å². The van der Waals surface area contributed by atoms with Gasteiger partial charge in [0.25, 0.3) is 0 Å². The molecule has 568 valence electrons. The molecule has 4 aromatic rings. The van der Waals surface area contributed by atoms with Crippen LogP contribution in [0.1, 0.15) is 129 Å². The van der Waals surface area contributed by atoms with Gasteiger partial charge in [-0.15, -0.1) is 0 Å². The van der Waals surface area contributed by atoms with Crippen molar-refractivity contribution in [3.63, 3.8) is 0 Å². The molecule has 6 rings (SSSR count). The average molecular weight is 1500 g/mol. The first kappa shape index (κ1) is 84.2. The van der Waals surface area contributed by atoms with Crippen LogP contribution in [0.3, 0.4) is 0 Å². The first-order chi connectivity index (χ1) is 48.8. The van der Waals surface area contributed by atoms with E-state index in [0.717, 1.165) is 72.4 Å². The number of benzene rings is 4. The lowest BCUT2D eigenvalue weighted by atomic mass is 10.1. The molecule has 2 aliphatic heterocycles. The summed E-state index contributed by atoms with van der Waals surface area (Å²) >= 11 is 0. The average Bonchev–Trinajstić information content (AvgIpc) is 1.08. The molecule has 104 heavy (non-hydrogen) atoms. The molecule has 10 atom stereocenters. The first-order valence-corrected chi connectivity index (χ1v) is 35.7. The van der Waals surface area contributed by atoms with E-state index in [4.69, 9.17) is 76.6 Å². The molecule has 4 aromatic carbocycles. The van der Waals surface area contributed by atoms with Crippen molar-refractivity contribution < 1.29 is 141 Å². The first-order valence-electron chi connectivity index (χ1n) is 32.6. The van der Waals surface area contributed by atoms with E-state index in [1.54, 1.807) is 74.5 Å². The third kappa shape index (κ3) is 24.9. The Kier molecular flexibility index (Phi) is 31.3. The van der Waals surface area contributed by atoms with Crippen LogP contribution in [0.25, 0.3) is 0 Å². The quantitative estimate of drug-likeness (QED) is 0.0473. The summed E-state index contributed by atoms with van der Waals surface area (Å²) in [6.45, 7) is 17.2. The molecule has 0 saturated carbocycles. The number of sulfonamides is 2. The summed E-state index contributed by atoms with van der Waals surface area (Å²) in [5.41, 5.74) is 0.0579. The van der Waals surface area contributed by atoms with E-state index in [0.29, 0.717) is 43.4 Å². The Balaban J connectivity index is 0.000000381. The highest BCUT2D eigenvalue weighted by molar-refractivity contribution is 7.89. The number of nitrogens with zero attached hydrogens (tertiary/aromatic N) is 2. The molecule has 2 aliphatic rings. The molecule has 36 heteroatoms. The molecule has 2 saturated heterocycles. The number of hydrogen-bond acceptors (Lipinski definition) is 32. The second-order valence-corrected chi connectivity index (χ2v) is 26.2. The Hall–Kier alpha value is -10.5. The second kappa shape index (κ2) is 38.7. The summed E-state index contributed by atoms with van der Waals surface area (Å²) in [5.74, 6) is -12.4. The van der Waals surface area contributed by atoms with E-state index < -0.39 is 163 Å². The lowest BCUT2D eigenvalue weighted by Gasteiger charge is -2.24. The molecule has 2 fully saturated rings. The van der Waals surface area contributed by atoms with Gasteiger partial charge >= 0.3 is 71.6 Å². The van der Waals surface area contributed by atoms with Gasteiger partial charge in [-0.25, -0.2) is 84.6 Å². The Morgan fingerprint density at radius 3 is 0.788 bits per heavy atom. The number of primary sulfonamides is 2. The number of ether oxygens (including phenoxy) is 14. The number of rotatable bonds is 32. The molecule has 4 N–H and O–H groups in total. The highest BCUT2D eigenvalue weighted by Crippen LogP contribution is 2.42. The summed E-state index contributed by atoms with van der Waals surface area (Å²) in [5, 5.41) is 11.1. The van der Waals surface area contributed by atoms with Crippen LogP contribution in [-0.4, -0.2) is 189 Å². The molecule has 2 heterocycles. The number of esters is 12. The Bertz CT molecular complexity index is 3990. The second-order valence-electron chi connectivity index (χ2n) is 23.2. The van der Waals surface area contributed by atoms with Crippen LogP contribution in [0.4, 0.5) is 11.4 Å². The fourth-order valence-electron chi connectivity index (χ4n) is 9.26. The topological polar surface area (TPSA) is 461 Å². The minimum Gasteiger partial charge on any atom is -0.463 e. The number of carbonyl (C=O) groups excluding carboxylic acids is 12. The molecule has 0 radical (unpaired) electrons. The van der Waals surface area contributed by atoms with Crippen LogP contribution in [0.15, 0.2) is 94.7 Å². The van der Waals surface area contributed by atoms with Gasteiger partial charge in [-0.2, -0.15) is 0 Å². The van der Waals surface area contributed by atoms with Crippen molar-refractivity contribution in [2.75, 3.05) is 49.2 Å². The SMILES string of the molecule is CCOC(=O)[C@H](C)OC(=O)[C@H](C)OC(=O)[C@H](C)OC(=O)[C@H](C)OC(=O)[C@H](C)OC(=O)[C@H](C)OC(=O)c1cc(N2CCCC2)c(Oc2ccccc2)c(S(N)(=O)=O)c1.CCOC(=O)[C@H](C)OC(=O)[C@H](C)OC(=O)[C@H](C)OC(=O)[C@H](C)OC(=O)c1cc(N2CCCC2)c(Oc2ccccc2)c(S(N)(=O)=O)c1. The van der Waals surface area contributed by atoms with Crippen LogP contribution < -0.4 is 29.6 Å².